The molecule has 0 aromatic carbocycles. The first-order valence-corrected chi connectivity index (χ1v) is 8.48. The molecule has 0 atom stereocenters. The van der Waals surface area contributed by atoms with Crippen LogP contribution in [0, 0.1) is 5.41 Å². The summed E-state index contributed by atoms with van der Waals surface area (Å²) in [7, 11) is 0. The van der Waals surface area contributed by atoms with E-state index in [1.165, 1.54) is 25.7 Å². The number of oxime groups is 1. The Hall–Kier alpha value is -1.26. The fraction of sp³-hybridized carbons (Fsp3) is 0.875. The Morgan fingerprint density at radius 1 is 1.00 bits per heavy atom. The lowest BCUT2D eigenvalue weighted by Crippen LogP contribution is -2.52. The summed E-state index contributed by atoms with van der Waals surface area (Å²) >= 11 is 0. The van der Waals surface area contributed by atoms with Gasteiger partial charge in [-0.2, -0.15) is 0 Å². The molecular formula is C16H29N3O2. The zero-order valence-corrected chi connectivity index (χ0v) is 12.9. The molecule has 5 nitrogen and oxygen atoms in total. The maximum atomic E-state index is 12.9. The van der Waals surface area contributed by atoms with E-state index in [9.17, 15) is 4.79 Å². The number of carbonyl (C=O) groups is 1. The number of nitrogens with zero attached hydrogens (tertiary/aromatic N) is 1. The molecular weight excluding hydrogens is 266 g/mol. The van der Waals surface area contributed by atoms with Crippen molar-refractivity contribution in [3.63, 3.8) is 0 Å². The van der Waals surface area contributed by atoms with E-state index in [0.29, 0.717) is 12.8 Å². The smallest absolute Gasteiger partial charge is 0.234 e. The van der Waals surface area contributed by atoms with Crippen molar-refractivity contribution in [3.8, 4) is 0 Å². The fourth-order valence-corrected chi connectivity index (χ4v) is 3.77. The standard InChI is InChI=1S/C16H29N3O2/c17-14(19-21)16(11-7-3-4-8-12-16)15(20)18-13-9-5-1-2-6-10-13/h13,21H,1-12H2,(H2,17,19)(H,18,20). The van der Waals surface area contributed by atoms with Crippen molar-refractivity contribution < 1.29 is 10.0 Å². The van der Waals surface area contributed by atoms with E-state index in [2.05, 4.69) is 10.5 Å². The van der Waals surface area contributed by atoms with E-state index in [1.807, 2.05) is 0 Å². The average molecular weight is 295 g/mol. The SMILES string of the molecule is NC(=NO)C1(C(=O)NC2CCCCCC2)CCCCCC1. The average Bonchev–Trinajstić information content (AvgIpc) is 2.89. The van der Waals surface area contributed by atoms with Crippen molar-refractivity contribution in [2.24, 2.45) is 16.3 Å². The van der Waals surface area contributed by atoms with E-state index >= 15 is 0 Å². The highest BCUT2D eigenvalue weighted by molar-refractivity contribution is 6.06. The molecule has 2 aliphatic carbocycles. The van der Waals surface area contributed by atoms with E-state index in [4.69, 9.17) is 10.9 Å². The summed E-state index contributed by atoms with van der Waals surface area (Å²) in [5, 5.41) is 15.5. The van der Waals surface area contributed by atoms with Crippen LogP contribution in [0.1, 0.15) is 77.0 Å². The Kier molecular flexibility index (Phi) is 5.88. The third kappa shape index (κ3) is 3.89. The second-order valence-electron chi connectivity index (χ2n) is 6.64. The van der Waals surface area contributed by atoms with Gasteiger partial charge in [0.2, 0.25) is 5.91 Å². The molecule has 0 aromatic heterocycles. The van der Waals surface area contributed by atoms with Gasteiger partial charge in [-0.05, 0) is 25.7 Å². The lowest BCUT2D eigenvalue weighted by atomic mass is 9.78. The van der Waals surface area contributed by atoms with Crippen molar-refractivity contribution in [1.82, 2.24) is 5.32 Å². The van der Waals surface area contributed by atoms with Crippen LogP contribution in [-0.4, -0.2) is 23.0 Å². The number of nitrogens with two attached hydrogens (primary N) is 1. The Labute approximate surface area is 127 Å². The van der Waals surface area contributed by atoms with Gasteiger partial charge in [-0.1, -0.05) is 56.5 Å². The highest BCUT2D eigenvalue weighted by atomic mass is 16.4. The third-order valence-corrected chi connectivity index (χ3v) is 5.18. The number of amidine groups is 1. The highest BCUT2D eigenvalue weighted by Gasteiger charge is 2.43. The summed E-state index contributed by atoms with van der Waals surface area (Å²) in [5.74, 6) is 0.0714. The summed E-state index contributed by atoms with van der Waals surface area (Å²) < 4.78 is 0. The summed E-state index contributed by atoms with van der Waals surface area (Å²) in [5.41, 5.74) is 5.13. The van der Waals surface area contributed by atoms with Crippen LogP contribution in [0.4, 0.5) is 0 Å². The molecule has 2 saturated carbocycles. The molecule has 120 valence electrons. The van der Waals surface area contributed by atoms with Gasteiger partial charge in [0.15, 0.2) is 5.84 Å². The molecule has 0 heterocycles. The summed E-state index contributed by atoms with van der Waals surface area (Å²) in [6, 6.07) is 0.256. The molecule has 1 amide bonds. The number of hydrogen-bond acceptors (Lipinski definition) is 3. The predicted molar refractivity (Wildman–Crippen MR) is 83.2 cm³/mol. The maximum absolute atomic E-state index is 12.9. The van der Waals surface area contributed by atoms with Gasteiger partial charge < -0.3 is 16.3 Å². The van der Waals surface area contributed by atoms with E-state index in [0.717, 1.165) is 38.5 Å². The zero-order chi connectivity index (χ0) is 15.1. The molecule has 0 bridgehead atoms. The number of hydrogen-bond donors (Lipinski definition) is 3. The molecule has 21 heavy (non-hydrogen) atoms. The summed E-state index contributed by atoms with van der Waals surface area (Å²) in [6.07, 6.45) is 12.6. The number of nitrogens with one attached hydrogen (secondary N) is 1. The van der Waals surface area contributed by atoms with Crippen LogP contribution in [0.5, 0.6) is 0 Å². The second kappa shape index (κ2) is 7.66. The van der Waals surface area contributed by atoms with Crippen molar-refractivity contribution in [3.05, 3.63) is 0 Å². The maximum Gasteiger partial charge on any atom is 0.234 e. The van der Waals surface area contributed by atoms with Gasteiger partial charge in [0.05, 0.1) is 0 Å². The van der Waals surface area contributed by atoms with Crippen LogP contribution >= 0.6 is 0 Å². The van der Waals surface area contributed by atoms with Crippen molar-refractivity contribution in [2.75, 3.05) is 0 Å². The predicted octanol–water partition coefficient (Wildman–Crippen LogP) is 2.91. The molecule has 0 spiro atoms. The topological polar surface area (TPSA) is 87.7 Å². The first-order chi connectivity index (χ1) is 10.2. The summed E-state index contributed by atoms with van der Waals surface area (Å²) in [6.45, 7) is 0. The molecule has 2 aliphatic rings. The van der Waals surface area contributed by atoms with Gasteiger partial charge >= 0.3 is 0 Å². The lowest BCUT2D eigenvalue weighted by Gasteiger charge is -2.32. The minimum atomic E-state index is -0.794. The molecule has 5 heteroatoms. The summed E-state index contributed by atoms with van der Waals surface area (Å²) in [4.78, 5) is 12.9. The largest absolute Gasteiger partial charge is 0.409 e. The Balaban J connectivity index is 2.09. The van der Waals surface area contributed by atoms with Crippen LogP contribution in [0.25, 0.3) is 0 Å². The monoisotopic (exact) mass is 295 g/mol. The number of amides is 1. The van der Waals surface area contributed by atoms with Crippen LogP contribution in [-0.2, 0) is 4.79 Å². The first kappa shape index (κ1) is 16.1. The zero-order valence-electron chi connectivity index (χ0n) is 12.9. The molecule has 2 rings (SSSR count). The minimum Gasteiger partial charge on any atom is -0.409 e. The normalized spacial score (nSPS) is 24.9. The minimum absolute atomic E-state index is 0.0217. The molecule has 0 aliphatic heterocycles. The van der Waals surface area contributed by atoms with E-state index < -0.39 is 5.41 Å². The van der Waals surface area contributed by atoms with Crippen LogP contribution in [0.3, 0.4) is 0 Å². The second-order valence-corrected chi connectivity index (χ2v) is 6.64. The molecule has 4 N–H and O–H groups in total. The molecule has 2 fully saturated rings. The van der Waals surface area contributed by atoms with Crippen LogP contribution < -0.4 is 11.1 Å². The first-order valence-electron chi connectivity index (χ1n) is 8.48. The van der Waals surface area contributed by atoms with Gasteiger partial charge in [-0.3, -0.25) is 4.79 Å². The van der Waals surface area contributed by atoms with Gasteiger partial charge in [0, 0.05) is 6.04 Å². The lowest BCUT2D eigenvalue weighted by molar-refractivity contribution is -0.129. The Morgan fingerprint density at radius 2 is 1.52 bits per heavy atom. The van der Waals surface area contributed by atoms with Crippen molar-refractivity contribution >= 4 is 11.7 Å². The molecule has 0 aromatic rings. The quantitative estimate of drug-likeness (QED) is 0.246. The van der Waals surface area contributed by atoms with Crippen molar-refractivity contribution in [2.45, 2.75) is 83.1 Å². The van der Waals surface area contributed by atoms with Crippen LogP contribution in [0.15, 0.2) is 5.16 Å². The van der Waals surface area contributed by atoms with E-state index in [1.54, 1.807) is 0 Å². The Bertz CT molecular complexity index is 366. The van der Waals surface area contributed by atoms with Gasteiger partial charge in [0.25, 0.3) is 0 Å². The van der Waals surface area contributed by atoms with Crippen molar-refractivity contribution in [1.29, 1.82) is 0 Å². The third-order valence-electron chi connectivity index (χ3n) is 5.18. The fourth-order valence-electron chi connectivity index (χ4n) is 3.77. The molecule has 0 saturated heterocycles. The van der Waals surface area contributed by atoms with Gasteiger partial charge in [0.1, 0.15) is 5.41 Å². The molecule has 0 unspecified atom stereocenters. The Morgan fingerprint density at radius 3 is 2.05 bits per heavy atom. The van der Waals surface area contributed by atoms with Crippen LogP contribution in [0.2, 0.25) is 0 Å². The highest BCUT2D eigenvalue weighted by Crippen LogP contribution is 2.36. The molecule has 0 radical (unpaired) electrons. The van der Waals surface area contributed by atoms with Gasteiger partial charge in [-0.15, -0.1) is 0 Å². The van der Waals surface area contributed by atoms with Gasteiger partial charge in [-0.25, -0.2) is 0 Å². The van der Waals surface area contributed by atoms with E-state index in [-0.39, 0.29) is 17.8 Å². The number of carbonyl (C=O) groups excluding carboxylic acids is 1. The number of rotatable bonds is 3.